The molecule has 0 aromatic heterocycles. The molecule has 28 heavy (non-hydrogen) atoms. The van der Waals surface area contributed by atoms with E-state index in [0.29, 0.717) is 17.1 Å². The Morgan fingerprint density at radius 3 is 2.21 bits per heavy atom. The number of rotatable bonds is 8. The summed E-state index contributed by atoms with van der Waals surface area (Å²) in [6.45, 7) is 8.05. The molecule has 148 valence electrons. The van der Waals surface area contributed by atoms with Crippen molar-refractivity contribution in [2.75, 3.05) is 27.3 Å². The van der Waals surface area contributed by atoms with Crippen molar-refractivity contribution in [3.63, 3.8) is 0 Å². The van der Waals surface area contributed by atoms with E-state index < -0.39 is 5.54 Å². The summed E-state index contributed by atoms with van der Waals surface area (Å²) in [4.78, 5) is 15.0. The van der Waals surface area contributed by atoms with Gasteiger partial charge in [0.15, 0.2) is 11.5 Å². The van der Waals surface area contributed by atoms with E-state index in [1.807, 2.05) is 18.2 Å². The zero-order valence-corrected chi connectivity index (χ0v) is 17.4. The zero-order valence-electron chi connectivity index (χ0n) is 17.4. The Hall–Kier alpha value is -2.77. The molecule has 0 N–H and O–H groups in total. The fourth-order valence-electron chi connectivity index (χ4n) is 3.39. The minimum atomic E-state index is -0.433. The lowest BCUT2D eigenvalue weighted by Crippen LogP contribution is -2.47. The number of hydrogen-bond donors (Lipinski definition) is 0. The second-order valence-electron chi connectivity index (χ2n) is 6.76. The van der Waals surface area contributed by atoms with Crippen LogP contribution in [0.4, 0.5) is 0 Å². The Morgan fingerprint density at radius 1 is 1.00 bits per heavy atom. The molecule has 4 nitrogen and oxygen atoms in total. The van der Waals surface area contributed by atoms with Gasteiger partial charge >= 0.3 is 0 Å². The normalized spacial score (nSPS) is 12.6. The first kappa shape index (κ1) is 21.5. The topological polar surface area (TPSA) is 38.8 Å². The number of methoxy groups -OCH3 is 2. The van der Waals surface area contributed by atoms with Gasteiger partial charge in [-0.15, -0.1) is 0 Å². The smallest absolute Gasteiger partial charge is 0.236 e. The number of carbonyl (C=O) groups is 1. The molecule has 0 aliphatic rings. The van der Waals surface area contributed by atoms with E-state index in [-0.39, 0.29) is 5.78 Å². The molecule has 2 aromatic rings. The summed E-state index contributed by atoms with van der Waals surface area (Å²) in [5.41, 5.74) is 1.26. The van der Waals surface area contributed by atoms with Gasteiger partial charge in [0.2, 0.25) is 5.78 Å². The average molecular weight is 380 g/mol. The highest BCUT2D eigenvalue weighted by atomic mass is 16.5. The lowest BCUT2D eigenvalue weighted by molar-refractivity contribution is 0.105. The van der Waals surface area contributed by atoms with E-state index in [9.17, 15) is 4.79 Å². The molecule has 1 atom stereocenters. The number of likely N-dealkylation sites (N-methyl/N-ethyl adjacent to an activating group) is 1. The lowest BCUT2D eigenvalue weighted by Gasteiger charge is -2.36. The first-order chi connectivity index (χ1) is 13.5. The minimum Gasteiger partial charge on any atom is -0.493 e. The number of ether oxygens (including phenoxy) is 2. The third-order valence-electron chi connectivity index (χ3n) is 4.94. The van der Waals surface area contributed by atoms with Crippen molar-refractivity contribution in [1.29, 1.82) is 0 Å². The molecule has 0 fully saturated rings. The molecule has 0 radical (unpaired) electrons. The molecule has 1 unspecified atom stereocenters. The van der Waals surface area contributed by atoms with E-state index in [1.54, 1.807) is 32.4 Å². The highest BCUT2D eigenvalue weighted by Crippen LogP contribution is 2.27. The van der Waals surface area contributed by atoms with Crippen molar-refractivity contribution in [2.24, 2.45) is 0 Å². The van der Waals surface area contributed by atoms with Crippen LogP contribution in [0.1, 0.15) is 36.7 Å². The van der Waals surface area contributed by atoms with Gasteiger partial charge in [-0.25, -0.2) is 0 Å². The molecule has 0 bridgehead atoms. The van der Waals surface area contributed by atoms with Gasteiger partial charge in [-0.05, 0) is 49.7 Å². The monoisotopic (exact) mass is 379 g/mol. The van der Waals surface area contributed by atoms with Gasteiger partial charge in [0.05, 0.1) is 19.8 Å². The Bertz CT molecular complexity index is 847. The SMILES string of the molecule is CCN(CC)C(C)(C#CC(=O)c1ccc(OC)c(OC)c1)Cc1ccccc1. The molecule has 0 spiro atoms. The number of benzene rings is 2. The van der Waals surface area contributed by atoms with E-state index in [4.69, 9.17) is 9.47 Å². The molecule has 4 heteroatoms. The van der Waals surface area contributed by atoms with Crippen LogP contribution >= 0.6 is 0 Å². The molecule has 2 rings (SSSR count). The number of Topliss-reactive ketones (excluding diaryl/α,β-unsaturated/α-hetero) is 1. The van der Waals surface area contributed by atoms with Gasteiger partial charge in [-0.2, -0.15) is 0 Å². The first-order valence-electron chi connectivity index (χ1n) is 9.55. The molecule has 0 saturated heterocycles. The molecule has 0 aliphatic heterocycles. The van der Waals surface area contributed by atoms with Crippen LogP contribution in [0, 0.1) is 11.8 Å². The number of nitrogens with zero attached hydrogens (tertiary/aromatic N) is 1. The van der Waals surface area contributed by atoms with E-state index >= 15 is 0 Å². The predicted molar refractivity (Wildman–Crippen MR) is 113 cm³/mol. The van der Waals surface area contributed by atoms with Gasteiger partial charge in [0, 0.05) is 12.0 Å². The highest BCUT2D eigenvalue weighted by molar-refractivity contribution is 6.09. The molecule has 2 aromatic carbocycles. The molecule has 0 amide bonds. The van der Waals surface area contributed by atoms with Gasteiger partial charge in [-0.1, -0.05) is 50.1 Å². The quantitative estimate of drug-likeness (QED) is 0.391. The summed E-state index contributed by atoms with van der Waals surface area (Å²) in [6, 6.07) is 15.4. The number of carbonyl (C=O) groups excluding carboxylic acids is 1. The largest absolute Gasteiger partial charge is 0.493 e. The standard InChI is InChI=1S/C24H29NO3/c1-6-25(7-2)24(3,18-19-11-9-8-10-12-19)16-15-21(26)20-13-14-22(27-4)23(17-20)28-5/h8-14,17H,6-7,18H2,1-5H3. The second-order valence-corrected chi connectivity index (χ2v) is 6.76. The Balaban J connectivity index is 2.34. The fourth-order valence-corrected chi connectivity index (χ4v) is 3.39. The van der Waals surface area contributed by atoms with Gasteiger partial charge < -0.3 is 9.47 Å². The molecule has 0 heterocycles. The van der Waals surface area contributed by atoms with E-state index in [1.165, 1.54) is 5.56 Å². The van der Waals surface area contributed by atoms with Crippen molar-refractivity contribution < 1.29 is 14.3 Å². The van der Waals surface area contributed by atoms with E-state index in [0.717, 1.165) is 19.5 Å². The maximum absolute atomic E-state index is 12.7. The Kier molecular flexibility index (Phi) is 7.66. The van der Waals surface area contributed by atoms with Crippen molar-refractivity contribution >= 4 is 5.78 Å². The van der Waals surface area contributed by atoms with Crippen LogP contribution < -0.4 is 9.47 Å². The van der Waals surface area contributed by atoms with Crippen LogP contribution in [-0.4, -0.2) is 43.5 Å². The van der Waals surface area contributed by atoms with Crippen molar-refractivity contribution in [3.8, 4) is 23.3 Å². The minimum absolute atomic E-state index is 0.229. The third kappa shape index (κ3) is 5.15. The summed E-state index contributed by atoms with van der Waals surface area (Å²) in [5.74, 6) is 7.01. The third-order valence-corrected chi connectivity index (χ3v) is 4.94. The van der Waals surface area contributed by atoms with Crippen LogP contribution in [0.15, 0.2) is 48.5 Å². The van der Waals surface area contributed by atoms with Crippen LogP contribution in [-0.2, 0) is 6.42 Å². The Morgan fingerprint density at radius 2 is 1.64 bits per heavy atom. The van der Waals surface area contributed by atoms with Crippen LogP contribution in [0.2, 0.25) is 0 Å². The average Bonchev–Trinajstić information content (AvgIpc) is 2.73. The fraction of sp³-hybridized carbons (Fsp3) is 0.375. The Labute approximate surface area is 168 Å². The van der Waals surface area contributed by atoms with Crippen molar-refractivity contribution in [3.05, 3.63) is 59.7 Å². The van der Waals surface area contributed by atoms with E-state index in [2.05, 4.69) is 49.6 Å². The summed E-state index contributed by atoms with van der Waals surface area (Å²) in [6.07, 6.45) is 0.752. The summed E-state index contributed by atoms with van der Waals surface area (Å²) < 4.78 is 10.5. The molecular weight excluding hydrogens is 350 g/mol. The van der Waals surface area contributed by atoms with Gasteiger partial charge in [0.25, 0.3) is 0 Å². The molecule has 0 saturated carbocycles. The number of ketones is 1. The molecular formula is C24H29NO3. The highest BCUT2D eigenvalue weighted by Gasteiger charge is 2.28. The van der Waals surface area contributed by atoms with Crippen LogP contribution in [0.3, 0.4) is 0 Å². The number of hydrogen-bond acceptors (Lipinski definition) is 4. The first-order valence-corrected chi connectivity index (χ1v) is 9.55. The zero-order chi connectivity index (χ0) is 20.6. The lowest BCUT2D eigenvalue weighted by atomic mass is 9.90. The predicted octanol–water partition coefficient (Wildman–Crippen LogP) is 4.23. The van der Waals surface area contributed by atoms with Gasteiger partial charge in [-0.3, -0.25) is 9.69 Å². The van der Waals surface area contributed by atoms with Gasteiger partial charge in [0.1, 0.15) is 0 Å². The van der Waals surface area contributed by atoms with Crippen molar-refractivity contribution in [2.45, 2.75) is 32.7 Å². The molecule has 0 aliphatic carbocycles. The summed E-state index contributed by atoms with van der Waals surface area (Å²) in [7, 11) is 3.12. The van der Waals surface area contributed by atoms with Crippen LogP contribution in [0.25, 0.3) is 0 Å². The van der Waals surface area contributed by atoms with Crippen molar-refractivity contribution in [1.82, 2.24) is 4.90 Å². The summed E-state index contributed by atoms with van der Waals surface area (Å²) >= 11 is 0. The van der Waals surface area contributed by atoms with Crippen LogP contribution in [0.5, 0.6) is 11.5 Å². The maximum Gasteiger partial charge on any atom is 0.236 e. The summed E-state index contributed by atoms with van der Waals surface area (Å²) in [5, 5.41) is 0. The maximum atomic E-state index is 12.7. The second kappa shape index (κ2) is 9.96.